The van der Waals surface area contributed by atoms with E-state index in [-0.39, 0.29) is 24.8 Å². The zero-order valence-corrected chi connectivity index (χ0v) is 8.60. The van der Waals surface area contributed by atoms with Gasteiger partial charge >= 0.3 is 0 Å². The van der Waals surface area contributed by atoms with Gasteiger partial charge in [0.05, 0.1) is 6.34 Å². The summed E-state index contributed by atoms with van der Waals surface area (Å²) in [6.45, 7) is 0. The molecule has 15 heavy (non-hydrogen) atoms. The summed E-state index contributed by atoms with van der Waals surface area (Å²) < 4.78 is 13.4. The Bertz CT molecular complexity index is 302. The van der Waals surface area contributed by atoms with Crippen LogP contribution in [0.4, 0.5) is 4.39 Å². The van der Waals surface area contributed by atoms with E-state index >= 15 is 0 Å². The Morgan fingerprint density at radius 2 is 2.33 bits per heavy atom. The van der Waals surface area contributed by atoms with E-state index < -0.39 is 22.6 Å². The predicted molar refractivity (Wildman–Crippen MR) is 53.5 cm³/mol. The van der Waals surface area contributed by atoms with Crippen LogP contribution in [0.2, 0.25) is 0 Å². The fourth-order valence-electron chi connectivity index (χ4n) is 2.20. The summed E-state index contributed by atoms with van der Waals surface area (Å²) in [5, 5.41) is 13.5. The first-order valence-electron chi connectivity index (χ1n) is 4.79. The van der Waals surface area contributed by atoms with Crippen molar-refractivity contribution in [2.45, 2.75) is 36.6 Å². The van der Waals surface area contributed by atoms with E-state index in [0.717, 1.165) is 0 Å². The Hall–Kier alpha value is -0.910. The lowest BCUT2D eigenvalue weighted by Crippen LogP contribution is -2.53. The number of fused-ring (bicyclic) bond motifs is 1. The second-order valence-corrected chi connectivity index (χ2v) is 4.38. The maximum absolute atomic E-state index is 13.4. The molecule has 1 N–H and O–H groups in total. The number of alkyl halides is 2. The molecule has 1 fully saturated rings. The van der Waals surface area contributed by atoms with Gasteiger partial charge in [0.1, 0.15) is 5.50 Å². The van der Waals surface area contributed by atoms with Crippen LogP contribution < -0.4 is 5.32 Å². The summed E-state index contributed by atoms with van der Waals surface area (Å²) in [5.74, 6) is -0.154. The largest absolute Gasteiger partial charge is 0.373 e. The number of nitrogens with one attached hydrogen (secondary N) is 1. The van der Waals surface area contributed by atoms with Crippen molar-refractivity contribution in [1.82, 2.24) is 5.32 Å². The smallest absolute Gasteiger partial charge is 0.244 e. The van der Waals surface area contributed by atoms with Gasteiger partial charge in [0, 0.05) is 29.7 Å². The predicted octanol–water partition coefficient (Wildman–Crippen LogP) is 0.945. The molecule has 1 saturated carbocycles. The number of rotatable bonds is 1. The molecule has 1 heterocycles. The third-order valence-corrected chi connectivity index (χ3v) is 3.49. The molecule has 0 spiro atoms. The van der Waals surface area contributed by atoms with Crippen molar-refractivity contribution in [2.75, 3.05) is 0 Å². The second-order valence-electron chi connectivity index (χ2n) is 3.93. The van der Waals surface area contributed by atoms with E-state index in [2.05, 4.69) is 10.3 Å². The van der Waals surface area contributed by atoms with E-state index in [1.165, 1.54) is 6.34 Å². The Morgan fingerprint density at radius 1 is 1.60 bits per heavy atom. The van der Waals surface area contributed by atoms with Crippen molar-refractivity contribution < 1.29 is 9.31 Å². The first kappa shape index (κ1) is 10.6. The number of hydrogen-bond donors (Lipinski definition) is 1. The average Bonchev–Trinajstić information content (AvgIpc) is 2.16. The molecule has 1 aliphatic heterocycles. The lowest BCUT2D eigenvalue weighted by molar-refractivity contribution is -0.536. The van der Waals surface area contributed by atoms with Gasteiger partial charge in [0.2, 0.25) is 6.04 Å². The van der Waals surface area contributed by atoms with E-state index in [1.54, 1.807) is 0 Å². The van der Waals surface area contributed by atoms with Crippen LogP contribution in [-0.4, -0.2) is 35.0 Å². The highest BCUT2D eigenvalue weighted by atomic mass is 35.5. The van der Waals surface area contributed by atoms with Gasteiger partial charge in [-0.15, -0.1) is 0 Å². The molecule has 2 rings (SSSR count). The van der Waals surface area contributed by atoms with Crippen molar-refractivity contribution >= 4 is 17.9 Å². The maximum atomic E-state index is 13.4. The van der Waals surface area contributed by atoms with Gasteiger partial charge < -0.3 is 5.32 Å². The molecular formula is C8H11ClFN3O2. The molecule has 0 amide bonds. The maximum Gasteiger partial charge on any atom is 0.244 e. The van der Waals surface area contributed by atoms with Gasteiger partial charge in [-0.05, 0) is 0 Å². The molecule has 2 unspecified atom stereocenters. The molecule has 5 nitrogen and oxygen atoms in total. The Kier molecular flexibility index (Phi) is 2.77. The molecule has 0 bridgehead atoms. The summed E-state index contributed by atoms with van der Waals surface area (Å²) in [5.41, 5.74) is -0.480. The minimum atomic E-state index is -1.40. The van der Waals surface area contributed by atoms with E-state index in [1.807, 2.05) is 0 Å². The highest BCUT2D eigenvalue weighted by molar-refractivity contribution is 6.21. The quantitative estimate of drug-likeness (QED) is 0.318. The van der Waals surface area contributed by atoms with Gasteiger partial charge in [-0.3, -0.25) is 15.1 Å². The number of nitrogens with zero attached hydrogens (tertiary/aromatic N) is 2. The van der Waals surface area contributed by atoms with Crippen molar-refractivity contribution in [2.24, 2.45) is 10.9 Å². The van der Waals surface area contributed by atoms with Crippen LogP contribution in [-0.2, 0) is 0 Å². The third kappa shape index (κ3) is 1.90. The third-order valence-electron chi connectivity index (χ3n) is 3.06. The van der Waals surface area contributed by atoms with Crippen LogP contribution >= 0.6 is 11.6 Å². The summed E-state index contributed by atoms with van der Waals surface area (Å²) in [6.07, 6.45) is 0.338. The van der Waals surface area contributed by atoms with Gasteiger partial charge in [0.25, 0.3) is 0 Å². The molecule has 5 atom stereocenters. The van der Waals surface area contributed by atoms with Crippen LogP contribution in [0.25, 0.3) is 0 Å². The van der Waals surface area contributed by atoms with E-state index in [9.17, 15) is 14.5 Å². The van der Waals surface area contributed by atoms with Crippen molar-refractivity contribution in [3.8, 4) is 0 Å². The minimum Gasteiger partial charge on any atom is -0.373 e. The lowest BCUT2D eigenvalue weighted by Gasteiger charge is -2.38. The monoisotopic (exact) mass is 235 g/mol. The van der Waals surface area contributed by atoms with Crippen LogP contribution in [0.5, 0.6) is 0 Å². The molecular weight excluding hydrogens is 225 g/mol. The molecule has 2 aliphatic rings. The van der Waals surface area contributed by atoms with Crippen LogP contribution in [0.1, 0.15) is 12.8 Å². The first-order chi connectivity index (χ1) is 7.09. The van der Waals surface area contributed by atoms with Crippen LogP contribution in [0, 0.1) is 16.0 Å². The standard InChI is InChI=1S/C8H11ClFN3O2/c9-8-4-1-7(13(14)15)5(10)2-6(4)11-3-12-8/h3-8H,1-2H2,(H,11,12)/t4?,5-,6?,7+,8+/m0/s1. The van der Waals surface area contributed by atoms with Gasteiger partial charge in [-0.2, -0.15) is 0 Å². The van der Waals surface area contributed by atoms with Gasteiger partial charge in [-0.25, -0.2) is 4.39 Å². The summed E-state index contributed by atoms with van der Waals surface area (Å²) >= 11 is 5.92. The molecule has 0 aromatic heterocycles. The number of hydrogen-bond acceptors (Lipinski definition) is 4. The molecule has 0 aromatic carbocycles. The average molecular weight is 236 g/mol. The number of halogens is 2. The Morgan fingerprint density at radius 3 is 3.00 bits per heavy atom. The fraction of sp³-hybridized carbons (Fsp3) is 0.875. The summed E-state index contributed by atoms with van der Waals surface area (Å²) in [4.78, 5) is 14.0. The summed E-state index contributed by atoms with van der Waals surface area (Å²) in [6, 6.07) is -1.27. The second kappa shape index (κ2) is 3.92. The lowest BCUT2D eigenvalue weighted by atomic mass is 9.80. The van der Waals surface area contributed by atoms with Gasteiger partial charge in [-0.1, -0.05) is 11.6 Å². The zero-order valence-electron chi connectivity index (χ0n) is 7.85. The molecule has 0 aromatic rings. The molecule has 7 heteroatoms. The van der Waals surface area contributed by atoms with Gasteiger partial charge in [0.15, 0.2) is 6.17 Å². The highest BCUT2D eigenvalue weighted by Crippen LogP contribution is 2.34. The summed E-state index contributed by atoms with van der Waals surface area (Å²) in [7, 11) is 0. The van der Waals surface area contributed by atoms with E-state index in [0.29, 0.717) is 0 Å². The fourth-order valence-corrected chi connectivity index (χ4v) is 2.53. The minimum absolute atomic E-state index is 0.129. The highest BCUT2D eigenvalue weighted by Gasteiger charge is 2.46. The molecule has 84 valence electrons. The normalized spacial score (nSPS) is 44.3. The van der Waals surface area contributed by atoms with Crippen molar-refractivity contribution in [3.05, 3.63) is 10.1 Å². The van der Waals surface area contributed by atoms with Crippen molar-refractivity contribution in [1.29, 1.82) is 0 Å². The van der Waals surface area contributed by atoms with Crippen LogP contribution in [0.15, 0.2) is 4.99 Å². The number of aliphatic imine (C=N–C) groups is 1. The number of nitro groups is 1. The molecule has 0 saturated heterocycles. The first-order valence-corrected chi connectivity index (χ1v) is 5.22. The Labute approximate surface area is 90.8 Å². The Balaban J connectivity index is 2.13. The van der Waals surface area contributed by atoms with Crippen molar-refractivity contribution in [3.63, 3.8) is 0 Å². The van der Waals surface area contributed by atoms with Crippen LogP contribution in [0.3, 0.4) is 0 Å². The molecule has 1 aliphatic carbocycles. The topological polar surface area (TPSA) is 67.5 Å². The zero-order chi connectivity index (χ0) is 11.0. The SMILES string of the molecule is O=[N+]([O-])[C@@H]1CC2C(C[C@@H]1F)NC=N[C@H]2Cl. The van der Waals surface area contributed by atoms with E-state index in [4.69, 9.17) is 11.6 Å². The molecule has 0 radical (unpaired) electrons.